The smallest absolute Gasteiger partial charge is 0.164 e. The van der Waals surface area contributed by atoms with E-state index in [0.29, 0.717) is 29.3 Å². The minimum Gasteiger partial charge on any atom is -0.456 e. The fraction of sp³-hybridized carbons (Fsp3) is 0.0465. The van der Waals surface area contributed by atoms with Crippen molar-refractivity contribution in [3.05, 3.63) is 169 Å². The molecule has 7 aromatic rings. The first-order valence-corrected chi connectivity index (χ1v) is 16.0. The summed E-state index contributed by atoms with van der Waals surface area (Å²) in [5.41, 5.74) is 9.10. The molecule has 0 N–H and O–H groups in total. The van der Waals surface area contributed by atoms with E-state index in [9.17, 15) is 0 Å². The fourth-order valence-corrected chi connectivity index (χ4v) is 6.65. The standard InChI is InChI=1S/C43H29N3O/c1-3-10-28(11-4-1)35-24-25-38-37(27-35)40-36(16-9-17-39(40)47-38)43-45-41(31-13-5-2-6-14-31)44-42(46-43)32-21-18-30(19-22-32)34-23-20-29-12-7-8-15-33(29)26-34/h1-27,29,33H. The van der Waals surface area contributed by atoms with Crippen LogP contribution in [0.4, 0.5) is 0 Å². The highest BCUT2D eigenvalue weighted by Gasteiger charge is 2.20. The number of fused-ring (bicyclic) bond motifs is 4. The lowest BCUT2D eigenvalue weighted by atomic mass is 9.81. The Morgan fingerprint density at radius 3 is 1.87 bits per heavy atom. The molecule has 0 spiro atoms. The first-order chi connectivity index (χ1) is 23.3. The summed E-state index contributed by atoms with van der Waals surface area (Å²) in [6.45, 7) is 0. The quantitative estimate of drug-likeness (QED) is 0.196. The van der Waals surface area contributed by atoms with Crippen molar-refractivity contribution in [1.29, 1.82) is 0 Å². The Morgan fingerprint density at radius 1 is 0.468 bits per heavy atom. The lowest BCUT2D eigenvalue weighted by Gasteiger charge is -2.23. The van der Waals surface area contributed by atoms with Crippen LogP contribution in [0.5, 0.6) is 0 Å². The second kappa shape index (κ2) is 11.3. The maximum atomic E-state index is 6.35. The van der Waals surface area contributed by atoms with Crippen molar-refractivity contribution in [1.82, 2.24) is 15.0 Å². The predicted molar refractivity (Wildman–Crippen MR) is 191 cm³/mol. The van der Waals surface area contributed by atoms with Crippen LogP contribution >= 0.6 is 0 Å². The van der Waals surface area contributed by atoms with E-state index in [0.717, 1.165) is 49.8 Å². The maximum Gasteiger partial charge on any atom is 0.164 e. The largest absolute Gasteiger partial charge is 0.456 e. The van der Waals surface area contributed by atoms with Gasteiger partial charge < -0.3 is 4.42 Å². The second-order valence-electron chi connectivity index (χ2n) is 12.0. The molecule has 222 valence electrons. The van der Waals surface area contributed by atoms with Gasteiger partial charge in [0.15, 0.2) is 17.5 Å². The van der Waals surface area contributed by atoms with Gasteiger partial charge in [-0.3, -0.25) is 0 Å². The molecular weight excluding hydrogens is 574 g/mol. The van der Waals surface area contributed by atoms with Gasteiger partial charge in [0.05, 0.1) is 0 Å². The molecule has 5 aromatic carbocycles. The van der Waals surface area contributed by atoms with Gasteiger partial charge in [-0.05, 0) is 40.5 Å². The first kappa shape index (κ1) is 27.2. The summed E-state index contributed by atoms with van der Waals surface area (Å²) in [6.07, 6.45) is 15.7. The third-order valence-corrected chi connectivity index (χ3v) is 9.08. The van der Waals surface area contributed by atoms with E-state index in [-0.39, 0.29) is 0 Å². The Balaban J connectivity index is 1.17. The monoisotopic (exact) mass is 603 g/mol. The van der Waals surface area contributed by atoms with E-state index in [1.807, 2.05) is 48.5 Å². The van der Waals surface area contributed by atoms with Gasteiger partial charge in [-0.25, -0.2) is 15.0 Å². The van der Waals surface area contributed by atoms with Crippen molar-refractivity contribution < 1.29 is 4.42 Å². The molecule has 0 aliphatic heterocycles. The van der Waals surface area contributed by atoms with Crippen molar-refractivity contribution in [3.63, 3.8) is 0 Å². The minimum atomic E-state index is 0.393. The number of benzene rings is 5. The van der Waals surface area contributed by atoms with E-state index >= 15 is 0 Å². The summed E-state index contributed by atoms with van der Waals surface area (Å²) in [6, 6.07) is 41.5. The van der Waals surface area contributed by atoms with Gasteiger partial charge in [0.1, 0.15) is 11.2 Å². The van der Waals surface area contributed by atoms with Crippen molar-refractivity contribution in [2.24, 2.45) is 11.8 Å². The number of allylic oxidation sites excluding steroid dienone is 8. The summed E-state index contributed by atoms with van der Waals surface area (Å²) in [4.78, 5) is 15.1. The van der Waals surface area contributed by atoms with Crippen molar-refractivity contribution in [2.45, 2.75) is 0 Å². The zero-order chi connectivity index (χ0) is 31.2. The maximum absolute atomic E-state index is 6.35. The van der Waals surface area contributed by atoms with E-state index in [2.05, 4.69) is 115 Å². The molecule has 9 rings (SSSR count). The molecule has 0 saturated heterocycles. The topological polar surface area (TPSA) is 51.8 Å². The molecule has 47 heavy (non-hydrogen) atoms. The molecule has 2 heterocycles. The average molecular weight is 604 g/mol. The van der Waals surface area contributed by atoms with E-state index in [1.54, 1.807) is 0 Å². The van der Waals surface area contributed by atoms with Crippen molar-refractivity contribution in [3.8, 4) is 45.3 Å². The Bertz CT molecular complexity index is 2400. The molecule has 0 bridgehead atoms. The normalized spacial score (nSPS) is 16.8. The number of hydrogen-bond acceptors (Lipinski definition) is 4. The van der Waals surface area contributed by atoms with Gasteiger partial charge >= 0.3 is 0 Å². The minimum absolute atomic E-state index is 0.393. The van der Waals surface area contributed by atoms with Gasteiger partial charge in [0.2, 0.25) is 0 Å². The van der Waals surface area contributed by atoms with E-state index < -0.39 is 0 Å². The summed E-state index contributed by atoms with van der Waals surface area (Å²) < 4.78 is 6.35. The number of nitrogens with zero attached hydrogens (tertiary/aromatic N) is 3. The predicted octanol–water partition coefficient (Wildman–Crippen LogP) is 10.8. The third-order valence-electron chi connectivity index (χ3n) is 9.08. The molecule has 0 fully saturated rings. The Morgan fingerprint density at radius 2 is 1.11 bits per heavy atom. The van der Waals surface area contributed by atoms with Gasteiger partial charge in [0, 0.05) is 39.3 Å². The summed E-state index contributed by atoms with van der Waals surface area (Å²) in [5, 5.41) is 2.02. The Hall–Kier alpha value is -6.13. The SMILES string of the molecule is C1=CC2C=CC(c3ccc(-c4nc(-c5ccccc5)nc(-c5cccc6oc7ccc(-c8ccccc8)cc7c56)n4)cc3)=CC2C=C1. The molecule has 2 aromatic heterocycles. The number of hydrogen-bond donors (Lipinski definition) is 0. The molecule has 2 aliphatic rings. The van der Waals surface area contributed by atoms with E-state index in [1.165, 1.54) is 11.1 Å². The van der Waals surface area contributed by atoms with Gasteiger partial charge in [0.25, 0.3) is 0 Å². The summed E-state index contributed by atoms with van der Waals surface area (Å²) in [7, 11) is 0. The van der Waals surface area contributed by atoms with Crippen LogP contribution in [0.25, 0.3) is 72.8 Å². The molecule has 2 aliphatic carbocycles. The highest BCUT2D eigenvalue weighted by Crippen LogP contribution is 2.39. The molecule has 4 nitrogen and oxygen atoms in total. The Labute approximate surface area is 272 Å². The molecule has 2 unspecified atom stereocenters. The van der Waals surface area contributed by atoms with Crippen LogP contribution in [-0.2, 0) is 0 Å². The number of aromatic nitrogens is 3. The van der Waals surface area contributed by atoms with Crippen LogP contribution in [0.2, 0.25) is 0 Å². The summed E-state index contributed by atoms with van der Waals surface area (Å²) in [5.74, 6) is 2.70. The summed E-state index contributed by atoms with van der Waals surface area (Å²) >= 11 is 0. The highest BCUT2D eigenvalue weighted by atomic mass is 16.3. The molecule has 0 radical (unpaired) electrons. The lowest BCUT2D eigenvalue weighted by molar-refractivity contribution is 0.663. The van der Waals surface area contributed by atoms with Crippen molar-refractivity contribution in [2.75, 3.05) is 0 Å². The fourth-order valence-electron chi connectivity index (χ4n) is 6.65. The molecule has 2 atom stereocenters. The van der Waals surface area contributed by atoms with Gasteiger partial charge in [-0.1, -0.05) is 146 Å². The van der Waals surface area contributed by atoms with Crippen LogP contribution in [0.1, 0.15) is 5.56 Å². The number of rotatable bonds is 5. The van der Waals surface area contributed by atoms with Crippen molar-refractivity contribution >= 4 is 27.5 Å². The van der Waals surface area contributed by atoms with E-state index in [4.69, 9.17) is 19.4 Å². The molecular formula is C43H29N3O. The first-order valence-electron chi connectivity index (χ1n) is 16.0. The van der Waals surface area contributed by atoms with Crippen LogP contribution in [0, 0.1) is 11.8 Å². The zero-order valence-corrected chi connectivity index (χ0v) is 25.5. The van der Waals surface area contributed by atoms with Gasteiger partial charge in [-0.2, -0.15) is 0 Å². The van der Waals surface area contributed by atoms with Crippen LogP contribution in [0.3, 0.4) is 0 Å². The van der Waals surface area contributed by atoms with Crippen LogP contribution in [0.15, 0.2) is 168 Å². The number of furan rings is 1. The highest BCUT2D eigenvalue weighted by molar-refractivity contribution is 6.12. The molecule has 0 amide bonds. The molecule has 0 saturated carbocycles. The second-order valence-corrected chi connectivity index (χ2v) is 12.0. The lowest BCUT2D eigenvalue weighted by Crippen LogP contribution is -2.11. The Kier molecular flexibility index (Phi) is 6.57. The van der Waals surface area contributed by atoms with Crippen LogP contribution in [-0.4, -0.2) is 15.0 Å². The van der Waals surface area contributed by atoms with Gasteiger partial charge in [-0.15, -0.1) is 0 Å². The van der Waals surface area contributed by atoms with Crippen LogP contribution < -0.4 is 0 Å². The molecule has 4 heteroatoms. The zero-order valence-electron chi connectivity index (χ0n) is 25.5. The average Bonchev–Trinajstić information content (AvgIpc) is 3.53. The third kappa shape index (κ3) is 5.01.